The number of ether oxygens (including phenoxy) is 1. The van der Waals surface area contributed by atoms with E-state index in [1.165, 1.54) is 0 Å². The van der Waals surface area contributed by atoms with Gasteiger partial charge in [-0.1, -0.05) is 44.8 Å². The van der Waals surface area contributed by atoms with E-state index in [-0.39, 0.29) is 5.78 Å². The summed E-state index contributed by atoms with van der Waals surface area (Å²) < 4.78 is 6.53. The molecule has 122 valence electrons. The molecule has 0 aromatic heterocycles. The lowest BCUT2D eigenvalue weighted by molar-refractivity contribution is -0.178. The van der Waals surface area contributed by atoms with Crippen molar-refractivity contribution >= 4 is 44.8 Å². The molecule has 2 aromatic rings. The standard InChI is InChI=1S/C17H12BrClN2O3/c1-2-23-17-15(22)13-9-11(18)6-7-14(13)21(17)16(20-24-17)10-4-3-5-12(19)8-10/h3-9H,2H2,1H3/t17-/m0/s1. The van der Waals surface area contributed by atoms with E-state index in [9.17, 15) is 4.79 Å². The van der Waals surface area contributed by atoms with E-state index < -0.39 is 5.91 Å². The molecule has 0 bridgehead atoms. The summed E-state index contributed by atoms with van der Waals surface area (Å²) in [4.78, 5) is 20.2. The minimum Gasteiger partial charge on any atom is -0.327 e. The van der Waals surface area contributed by atoms with Crippen LogP contribution in [0.4, 0.5) is 5.69 Å². The molecule has 7 heteroatoms. The van der Waals surface area contributed by atoms with Crippen molar-refractivity contribution in [3.8, 4) is 0 Å². The van der Waals surface area contributed by atoms with E-state index in [2.05, 4.69) is 21.1 Å². The van der Waals surface area contributed by atoms with Crippen LogP contribution in [0.1, 0.15) is 22.8 Å². The van der Waals surface area contributed by atoms with Crippen molar-refractivity contribution in [2.45, 2.75) is 12.8 Å². The van der Waals surface area contributed by atoms with Gasteiger partial charge in [-0.05, 0) is 37.3 Å². The van der Waals surface area contributed by atoms with Crippen molar-refractivity contribution in [2.75, 3.05) is 11.5 Å². The lowest BCUT2D eigenvalue weighted by Gasteiger charge is -2.28. The maximum Gasteiger partial charge on any atom is 0.390 e. The molecule has 5 nitrogen and oxygen atoms in total. The molecule has 0 aliphatic carbocycles. The van der Waals surface area contributed by atoms with Crippen molar-refractivity contribution in [2.24, 2.45) is 5.16 Å². The summed E-state index contributed by atoms with van der Waals surface area (Å²) in [5, 5.41) is 4.70. The van der Waals surface area contributed by atoms with Crippen molar-refractivity contribution in [3.05, 3.63) is 63.1 Å². The highest BCUT2D eigenvalue weighted by Gasteiger charge is 2.61. The number of carbonyl (C=O) groups excluding carboxylic acids is 1. The third kappa shape index (κ3) is 2.10. The molecule has 0 saturated carbocycles. The number of nitrogens with zero attached hydrogens (tertiary/aromatic N) is 2. The molecule has 2 aliphatic rings. The zero-order chi connectivity index (χ0) is 16.9. The SMILES string of the molecule is CCO[C@@]12ON=C(c3cccc(Cl)c3)N1c1ccc(Br)cc1C2=O. The largest absolute Gasteiger partial charge is 0.390 e. The van der Waals surface area contributed by atoms with E-state index in [1.54, 1.807) is 30.0 Å². The predicted molar refractivity (Wildman–Crippen MR) is 94.4 cm³/mol. The normalized spacial score (nSPS) is 21.4. The van der Waals surface area contributed by atoms with E-state index in [4.69, 9.17) is 21.2 Å². The number of oxime groups is 1. The number of Topliss-reactive ketones (excluding diaryl/α,β-unsaturated/α-hetero) is 1. The van der Waals surface area contributed by atoms with Crippen LogP contribution in [0.2, 0.25) is 5.02 Å². The first-order valence-corrected chi connectivity index (χ1v) is 8.54. The molecule has 0 N–H and O–H groups in total. The number of hydrogen-bond acceptors (Lipinski definition) is 5. The number of carbonyl (C=O) groups is 1. The monoisotopic (exact) mass is 406 g/mol. The van der Waals surface area contributed by atoms with Crippen LogP contribution in [0, 0.1) is 0 Å². The summed E-state index contributed by atoms with van der Waals surface area (Å²) in [5.74, 6) is -1.38. The molecule has 0 radical (unpaired) electrons. The summed E-state index contributed by atoms with van der Waals surface area (Å²) in [6.07, 6.45) is 0. The second-order valence-electron chi connectivity index (χ2n) is 5.36. The van der Waals surface area contributed by atoms with Gasteiger partial charge in [0.15, 0.2) is 5.84 Å². The number of rotatable bonds is 3. The Labute approximate surface area is 151 Å². The van der Waals surface area contributed by atoms with Crippen molar-refractivity contribution in [1.82, 2.24) is 0 Å². The van der Waals surface area contributed by atoms with Crippen LogP contribution < -0.4 is 4.90 Å². The minimum absolute atomic E-state index is 0.276. The van der Waals surface area contributed by atoms with Crippen molar-refractivity contribution in [1.29, 1.82) is 0 Å². The average Bonchev–Trinajstić information content (AvgIpc) is 3.04. The fourth-order valence-electron chi connectivity index (χ4n) is 2.96. The first-order chi connectivity index (χ1) is 11.6. The zero-order valence-electron chi connectivity index (χ0n) is 12.6. The van der Waals surface area contributed by atoms with E-state index in [0.29, 0.717) is 28.7 Å². The second-order valence-corrected chi connectivity index (χ2v) is 6.71. The quantitative estimate of drug-likeness (QED) is 0.766. The number of ketones is 1. The minimum atomic E-state index is -1.59. The van der Waals surface area contributed by atoms with Crippen molar-refractivity contribution < 1.29 is 14.4 Å². The Morgan fingerprint density at radius 3 is 2.92 bits per heavy atom. The summed E-state index contributed by atoms with van der Waals surface area (Å²) in [5.41, 5.74) is 1.95. The van der Waals surface area contributed by atoms with Crippen molar-refractivity contribution in [3.63, 3.8) is 0 Å². The third-order valence-electron chi connectivity index (χ3n) is 3.92. The van der Waals surface area contributed by atoms with Crippen LogP contribution in [0.25, 0.3) is 0 Å². The smallest absolute Gasteiger partial charge is 0.327 e. The number of anilines is 1. The number of hydrogen-bond donors (Lipinski definition) is 0. The number of amidine groups is 1. The van der Waals surface area contributed by atoms with Crippen LogP contribution in [0.15, 0.2) is 52.1 Å². The lowest BCUT2D eigenvalue weighted by Crippen LogP contribution is -2.52. The Bertz CT molecular complexity index is 886. The van der Waals surface area contributed by atoms with Crippen LogP contribution in [0.3, 0.4) is 0 Å². The Balaban J connectivity index is 1.89. The molecule has 4 rings (SSSR count). The van der Waals surface area contributed by atoms with Gasteiger partial charge in [-0.15, -0.1) is 0 Å². The molecule has 0 spiro atoms. The summed E-state index contributed by atoms with van der Waals surface area (Å²) in [6, 6.07) is 12.7. The maximum absolute atomic E-state index is 13.0. The van der Waals surface area contributed by atoms with Gasteiger partial charge in [0.25, 0.3) is 5.78 Å². The predicted octanol–water partition coefficient (Wildman–Crippen LogP) is 4.19. The highest BCUT2D eigenvalue weighted by molar-refractivity contribution is 9.10. The number of halogens is 2. The van der Waals surface area contributed by atoms with E-state index in [0.717, 1.165) is 10.0 Å². The van der Waals surface area contributed by atoms with Gasteiger partial charge in [0.05, 0.1) is 17.9 Å². The van der Waals surface area contributed by atoms with E-state index in [1.807, 2.05) is 24.3 Å². The van der Waals surface area contributed by atoms with Crippen LogP contribution >= 0.6 is 27.5 Å². The maximum atomic E-state index is 13.0. The molecule has 2 aliphatic heterocycles. The van der Waals surface area contributed by atoms with Crippen LogP contribution in [-0.4, -0.2) is 24.1 Å². The molecular formula is C17H12BrClN2O3. The van der Waals surface area contributed by atoms with Crippen LogP contribution in [-0.2, 0) is 9.57 Å². The number of fused-ring (bicyclic) bond motifs is 3. The molecule has 2 aromatic carbocycles. The summed E-state index contributed by atoms with van der Waals surface area (Å²) in [6.45, 7) is 2.11. The molecule has 0 unspecified atom stereocenters. The zero-order valence-corrected chi connectivity index (χ0v) is 15.0. The Morgan fingerprint density at radius 1 is 1.33 bits per heavy atom. The highest BCUT2D eigenvalue weighted by Crippen LogP contribution is 2.45. The summed E-state index contributed by atoms with van der Waals surface area (Å²) >= 11 is 9.49. The first-order valence-electron chi connectivity index (χ1n) is 7.37. The van der Waals surface area contributed by atoms with Crippen LogP contribution in [0.5, 0.6) is 0 Å². The molecule has 0 saturated heterocycles. The van der Waals surface area contributed by atoms with Gasteiger partial charge in [-0.3, -0.25) is 9.69 Å². The molecule has 2 heterocycles. The summed E-state index contributed by atoms with van der Waals surface area (Å²) in [7, 11) is 0. The van der Waals surface area contributed by atoms with Gasteiger partial charge in [-0.25, -0.2) is 0 Å². The molecule has 0 amide bonds. The topological polar surface area (TPSA) is 51.1 Å². The highest BCUT2D eigenvalue weighted by atomic mass is 79.9. The fraction of sp³-hybridized carbons (Fsp3) is 0.176. The third-order valence-corrected chi connectivity index (χ3v) is 4.64. The molecule has 0 fully saturated rings. The molecule has 24 heavy (non-hydrogen) atoms. The molecule has 1 atom stereocenters. The number of benzene rings is 2. The fourth-order valence-corrected chi connectivity index (χ4v) is 3.51. The van der Waals surface area contributed by atoms with Gasteiger partial charge in [0, 0.05) is 15.1 Å². The average molecular weight is 408 g/mol. The molecular weight excluding hydrogens is 396 g/mol. The Kier molecular flexibility index (Phi) is 3.63. The van der Waals surface area contributed by atoms with Gasteiger partial charge in [0.2, 0.25) is 0 Å². The van der Waals surface area contributed by atoms with Gasteiger partial charge < -0.3 is 9.57 Å². The van der Waals surface area contributed by atoms with Gasteiger partial charge in [0.1, 0.15) is 0 Å². The Morgan fingerprint density at radius 2 is 2.17 bits per heavy atom. The van der Waals surface area contributed by atoms with E-state index >= 15 is 0 Å². The first kappa shape index (κ1) is 15.6. The Hall–Kier alpha value is -1.89. The lowest BCUT2D eigenvalue weighted by atomic mass is 10.1. The van der Waals surface area contributed by atoms with Gasteiger partial charge >= 0.3 is 5.91 Å². The van der Waals surface area contributed by atoms with Gasteiger partial charge in [-0.2, -0.15) is 0 Å². The second kappa shape index (κ2) is 5.58.